The maximum absolute atomic E-state index is 13.1. The van der Waals surface area contributed by atoms with Gasteiger partial charge in [0.25, 0.3) is 11.8 Å². The van der Waals surface area contributed by atoms with Gasteiger partial charge in [0.05, 0.1) is 28.9 Å². The Bertz CT molecular complexity index is 1450. The molecular weight excluding hydrogens is 483 g/mol. The van der Waals surface area contributed by atoms with Crippen molar-refractivity contribution in [2.75, 3.05) is 25.6 Å². The second-order valence-electron chi connectivity index (χ2n) is 8.35. The third kappa shape index (κ3) is 5.95. The van der Waals surface area contributed by atoms with E-state index >= 15 is 0 Å². The highest BCUT2D eigenvalue weighted by atomic mass is 19.4. The standard InChI is InChI=1S/C28H24F3N3O3/c1-17-24(26(35)32-13-14-37-2)15-19-9-12-21(16-25(19)33-17)34-27(36)23-6-4-3-5-22(23)18-7-10-20(11-8-18)28(29,30)31/h3-12,15-16H,13-14H2,1-2H3,(H,32,35)(H,34,36). The highest BCUT2D eigenvalue weighted by Gasteiger charge is 2.30. The average molecular weight is 508 g/mol. The maximum Gasteiger partial charge on any atom is 0.416 e. The molecule has 2 N–H and O–H groups in total. The normalized spacial score (nSPS) is 11.4. The van der Waals surface area contributed by atoms with E-state index in [0.29, 0.717) is 52.3 Å². The number of hydrogen-bond donors (Lipinski definition) is 2. The fourth-order valence-corrected chi connectivity index (χ4v) is 3.90. The summed E-state index contributed by atoms with van der Waals surface area (Å²) in [6.45, 7) is 2.51. The molecule has 0 spiro atoms. The number of benzene rings is 3. The summed E-state index contributed by atoms with van der Waals surface area (Å²) in [6, 6.07) is 18.3. The van der Waals surface area contributed by atoms with Crippen molar-refractivity contribution in [2.24, 2.45) is 0 Å². The Balaban J connectivity index is 1.57. The molecule has 0 saturated heterocycles. The third-order valence-corrected chi connectivity index (χ3v) is 5.80. The van der Waals surface area contributed by atoms with Gasteiger partial charge >= 0.3 is 6.18 Å². The molecule has 0 aliphatic heterocycles. The number of methoxy groups -OCH3 is 1. The number of pyridine rings is 1. The van der Waals surface area contributed by atoms with Gasteiger partial charge in [0, 0.05) is 30.3 Å². The van der Waals surface area contributed by atoms with E-state index in [9.17, 15) is 22.8 Å². The van der Waals surface area contributed by atoms with Crippen LogP contribution in [0.25, 0.3) is 22.0 Å². The van der Waals surface area contributed by atoms with Gasteiger partial charge in [-0.15, -0.1) is 0 Å². The summed E-state index contributed by atoms with van der Waals surface area (Å²) in [4.78, 5) is 30.1. The van der Waals surface area contributed by atoms with Gasteiger partial charge in [0.2, 0.25) is 0 Å². The van der Waals surface area contributed by atoms with Gasteiger partial charge in [-0.2, -0.15) is 13.2 Å². The van der Waals surface area contributed by atoms with Crippen LogP contribution in [0.15, 0.2) is 72.8 Å². The molecule has 0 aliphatic carbocycles. The summed E-state index contributed by atoms with van der Waals surface area (Å²) in [7, 11) is 1.55. The third-order valence-electron chi connectivity index (χ3n) is 5.80. The molecule has 37 heavy (non-hydrogen) atoms. The second-order valence-corrected chi connectivity index (χ2v) is 8.35. The first kappa shape index (κ1) is 25.8. The zero-order chi connectivity index (χ0) is 26.6. The number of carbonyl (C=O) groups is 2. The number of nitrogens with one attached hydrogen (secondary N) is 2. The minimum atomic E-state index is -4.44. The van der Waals surface area contributed by atoms with E-state index in [0.717, 1.165) is 17.5 Å². The Kier molecular flexibility index (Phi) is 7.54. The van der Waals surface area contributed by atoms with Gasteiger partial charge in [-0.05, 0) is 54.4 Å². The lowest BCUT2D eigenvalue weighted by Crippen LogP contribution is -2.27. The van der Waals surface area contributed by atoms with Crippen LogP contribution >= 0.6 is 0 Å². The van der Waals surface area contributed by atoms with E-state index in [1.165, 1.54) is 12.1 Å². The van der Waals surface area contributed by atoms with Crippen LogP contribution in [0.2, 0.25) is 0 Å². The van der Waals surface area contributed by atoms with Crippen LogP contribution in [0.1, 0.15) is 32.0 Å². The summed E-state index contributed by atoms with van der Waals surface area (Å²) < 4.78 is 43.8. The van der Waals surface area contributed by atoms with Gasteiger partial charge in [0.15, 0.2) is 0 Å². The Morgan fingerprint density at radius 1 is 0.919 bits per heavy atom. The number of alkyl halides is 3. The number of amides is 2. The highest BCUT2D eigenvalue weighted by Crippen LogP contribution is 2.32. The first-order valence-corrected chi connectivity index (χ1v) is 11.4. The average Bonchev–Trinajstić information content (AvgIpc) is 2.88. The van der Waals surface area contributed by atoms with Crippen LogP contribution in [0, 0.1) is 6.92 Å². The van der Waals surface area contributed by atoms with Crippen molar-refractivity contribution < 1.29 is 27.5 Å². The number of aromatic nitrogens is 1. The van der Waals surface area contributed by atoms with Gasteiger partial charge in [-0.25, -0.2) is 0 Å². The predicted molar refractivity (Wildman–Crippen MR) is 136 cm³/mol. The highest BCUT2D eigenvalue weighted by molar-refractivity contribution is 6.09. The second kappa shape index (κ2) is 10.8. The molecule has 1 heterocycles. The molecule has 4 rings (SSSR count). The van der Waals surface area contributed by atoms with Crippen molar-refractivity contribution >= 4 is 28.4 Å². The molecule has 6 nitrogen and oxygen atoms in total. The fourth-order valence-electron chi connectivity index (χ4n) is 3.90. The minimum absolute atomic E-state index is 0.249. The molecule has 3 aromatic carbocycles. The molecular formula is C28H24F3N3O3. The molecule has 0 bridgehead atoms. The van der Waals surface area contributed by atoms with Crippen LogP contribution in [0.4, 0.5) is 18.9 Å². The molecule has 0 unspecified atom stereocenters. The number of carbonyl (C=O) groups excluding carboxylic acids is 2. The van der Waals surface area contributed by atoms with Crippen LogP contribution in [0.3, 0.4) is 0 Å². The number of rotatable bonds is 7. The smallest absolute Gasteiger partial charge is 0.383 e. The maximum atomic E-state index is 13.1. The lowest BCUT2D eigenvalue weighted by molar-refractivity contribution is -0.137. The summed E-state index contributed by atoms with van der Waals surface area (Å²) >= 11 is 0. The number of ether oxygens (including phenoxy) is 1. The monoisotopic (exact) mass is 507 g/mol. The Morgan fingerprint density at radius 2 is 1.65 bits per heavy atom. The van der Waals surface area contributed by atoms with Crippen molar-refractivity contribution in [1.29, 1.82) is 0 Å². The lowest BCUT2D eigenvalue weighted by Gasteiger charge is -2.13. The van der Waals surface area contributed by atoms with E-state index in [-0.39, 0.29) is 5.91 Å². The molecule has 190 valence electrons. The SMILES string of the molecule is COCCNC(=O)c1cc2ccc(NC(=O)c3ccccc3-c3ccc(C(F)(F)F)cc3)cc2nc1C. The zero-order valence-electron chi connectivity index (χ0n) is 20.1. The van der Waals surface area contributed by atoms with Crippen molar-refractivity contribution in [1.82, 2.24) is 10.3 Å². The fraction of sp³-hybridized carbons (Fsp3) is 0.179. The van der Waals surface area contributed by atoms with Crippen molar-refractivity contribution in [3.63, 3.8) is 0 Å². The van der Waals surface area contributed by atoms with E-state index in [2.05, 4.69) is 15.6 Å². The number of nitrogens with zero attached hydrogens (tertiary/aromatic N) is 1. The van der Waals surface area contributed by atoms with Crippen molar-refractivity contribution in [3.05, 3.63) is 95.2 Å². The minimum Gasteiger partial charge on any atom is -0.383 e. The van der Waals surface area contributed by atoms with Gasteiger partial charge in [0.1, 0.15) is 0 Å². The van der Waals surface area contributed by atoms with E-state index < -0.39 is 17.6 Å². The molecule has 0 saturated carbocycles. The zero-order valence-corrected chi connectivity index (χ0v) is 20.1. The predicted octanol–water partition coefficient (Wildman–Crippen LogP) is 5.86. The topological polar surface area (TPSA) is 80.3 Å². The van der Waals surface area contributed by atoms with Crippen LogP contribution in [0.5, 0.6) is 0 Å². The molecule has 0 radical (unpaired) electrons. The molecule has 0 fully saturated rings. The Hall–Kier alpha value is -4.24. The molecule has 0 atom stereocenters. The number of fused-ring (bicyclic) bond motifs is 1. The van der Waals surface area contributed by atoms with Crippen molar-refractivity contribution in [2.45, 2.75) is 13.1 Å². The molecule has 9 heteroatoms. The first-order valence-electron chi connectivity index (χ1n) is 11.4. The number of hydrogen-bond acceptors (Lipinski definition) is 4. The molecule has 0 aliphatic rings. The van der Waals surface area contributed by atoms with Crippen LogP contribution < -0.4 is 10.6 Å². The van der Waals surface area contributed by atoms with E-state index in [1.54, 1.807) is 62.6 Å². The summed E-state index contributed by atoms with van der Waals surface area (Å²) in [6.07, 6.45) is -4.44. The summed E-state index contributed by atoms with van der Waals surface area (Å²) in [5, 5.41) is 6.34. The molecule has 2 amide bonds. The molecule has 1 aromatic heterocycles. The van der Waals surface area contributed by atoms with Crippen LogP contribution in [-0.2, 0) is 10.9 Å². The van der Waals surface area contributed by atoms with E-state index in [4.69, 9.17) is 4.74 Å². The number of anilines is 1. The Morgan fingerprint density at radius 3 is 2.35 bits per heavy atom. The summed E-state index contributed by atoms with van der Waals surface area (Å²) in [5.74, 6) is -0.665. The van der Waals surface area contributed by atoms with Gasteiger partial charge in [-0.1, -0.05) is 36.4 Å². The summed E-state index contributed by atoms with van der Waals surface area (Å²) in [5.41, 5.74) is 2.63. The van der Waals surface area contributed by atoms with Crippen LogP contribution in [-0.4, -0.2) is 37.1 Å². The van der Waals surface area contributed by atoms with Gasteiger partial charge in [-0.3, -0.25) is 14.6 Å². The number of aryl methyl sites for hydroxylation is 1. The quantitative estimate of drug-likeness (QED) is 0.307. The van der Waals surface area contributed by atoms with E-state index in [1.807, 2.05) is 0 Å². The lowest BCUT2D eigenvalue weighted by atomic mass is 9.98. The Labute approximate surface area is 211 Å². The first-order chi connectivity index (χ1) is 17.7. The largest absolute Gasteiger partial charge is 0.416 e. The number of halogens is 3. The van der Waals surface area contributed by atoms with Crippen molar-refractivity contribution in [3.8, 4) is 11.1 Å². The van der Waals surface area contributed by atoms with Gasteiger partial charge < -0.3 is 15.4 Å². The molecule has 4 aromatic rings.